The third-order valence-electron chi connectivity index (χ3n) is 17.1. The molecule has 13 heteroatoms. The maximum absolute atomic E-state index is 15.8. The molecule has 2 heterocycles. The number of carboxylic acids is 1. The van der Waals surface area contributed by atoms with Gasteiger partial charge in [0.1, 0.15) is 23.6 Å². The summed E-state index contributed by atoms with van der Waals surface area (Å²) in [6.45, 7) is 36.0. The van der Waals surface area contributed by atoms with E-state index in [2.05, 4.69) is 108 Å². The number of rotatable bonds is 10. The number of allylic oxidation sites excluding steroid dienone is 1. The van der Waals surface area contributed by atoms with Crippen LogP contribution in [0.15, 0.2) is 125 Å². The molecule has 444 valence electrons. The van der Waals surface area contributed by atoms with Crippen molar-refractivity contribution in [3.05, 3.63) is 160 Å². The first-order chi connectivity index (χ1) is 38.8. The van der Waals surface area contributed by atoms with Gasteiger partial charge in [0.25, 0.3) is 11.9 Å². The maximum Gasteiger partial charge on any atom is 0.342 e. The Kier molecular flexibility index (Phi) is 21.1. The van der Waals surface area contributed by atoms with Crippen molar-refractivity contribution in [3.63, 3.8) is 0 Å². The molecule has 1 aromatic heterocycles. The molecule has 5 aromatic rings. The van der Waals surface area contributed by atoms with Gasteiger partial charge < -0.3 is 30.2 Å². The summed E-state index contributed by atoms with van der Waals surface area (Å²) in [5, 5.41) is 13.6. The zero-order valence-corrected chi connectivity index (χ0v) is 55.8. The largest absolute Gasteiger partial charge is 0.481 e. The molecule has 0 saturated heterocycles. The van der Waals surface area contributed by atoms with Crippen molar-refractivity contribution in [1.82, 2.24) is 10.3 Å². The molecule has 8 rings (SSSR count). The summed E-state index contributed by atoms with van der Waals surface area (Å²) in [5.41, 5.74) is 4.49. The molecule has 0 spiro atoms. The first kappa shape index (κ1) is 66.4. The summed E-state index contributed by atoms with van der Waals surface area (Å²) in [6.07, 6.45) is 4.41. The number of amidine groups is 1. The number of hydrogen-bond donors (Lipinski definition) is 3. The molecular formula is C71H89N4O8Zn-. The van der Waals surface area contributed by atoms with Gasteiger partial charge in [0.2, 0.25) is 0 Å². The molecule has 2 amide bonds. The Morgan fingerprint density at radius 3 is 1.33 bits per heavy atom. The van der Waals surface area contributed by atoms with Crippen molar-refractivity contribution in [2.24, 2.45) is 62.2 Å². The van der Waals surface area contributed by atoms with Gasteiger partial charge in [0.15, 0.2) is 5.91 Å². The summed E-state index contributed by atoms with van der Waals surface area (Å²) < 4.78 is 14.0. The number of ether oxygens (including phenoxy) is 2. The molecule has 1 aliphatic heterocycles. The van der Waals surface area contributed by atoms with Crippen LogP contribution in [0.25, 0.3) is 22.8 Å². The summed E-state index contributed by atoms with van der Waals surface area (Å²) in [4.78, 5) is 80.1. The van der Waals surface area contributed by atoms with Crippen molar-refractivity contribution in [3.8, 4) is 11.1 Å². The Labute approximate surface area is 512 Å². The Hall–Kier alpha value is -6.72. The predicted octanol–water partition coefficient (Wildman–Crippen LogP) is 15.9. The van der Waals surface area contributed by atoms with Crippen LogP contribution < -0.4 is 15.6 Å². The Morgan fingerprint density at radius 1 is 0.560 bits per heavy atom. The van der Waals surface area contributed by atoms with Gasteiger partial charge in [-0.05, 0) is 124 Å². The van der Waals surface area contributed by atoms with Crippen LogP contribution in [0.3, 0.4) is 0 Å². The van der Waals surface area contributed by atoms with Crippen LogP contribution in [-0.4, -0.2) is 52.9 Å². The standard InChI is InChI=1S/C69H86N4O6.C2H4O2.Zn/c1-40-35-48(66(5,6)7)58(49(36-40)67(8,9)10)78-64(76)56-54(44-29-19-17-20-30-44)52(70-60(56)72-62(74)46-33-25-23-27-42(46)3)39-53-55(45-31-21-18-22-32-45)57(61(71-53)73-63(75)47-34-26-24-28-43(47)4)65(77)79-59-50(68(11,12)13)37-41(2)38-51(59)69(14,15)16;1-2(3)4;/h17-34,39-41,48-51,58-59H,35-38H2,1-16H3,(H3,70,71,72,73,74,75,76,77);1H3,(H,3,4);/p-1. The first-order valence-corrected chi connectivity index (χ1v) is 29.5. The number of carboxylic acid groups (broad SMARTS) is 1. The molecule has 4 unspecified atom stereocenters. The van der Waals surface area contributed by atoms with E-state index in [0.717, 1.165) is 43.7 Å². The SMILES string of the molecule is CC(=O)O.Cc1ccccc1C(=O)NC1=NC(=Cc2[n-]c(NC(=O)c3ccccc3C)c(C(=O)OC3C(C(C)(C)C)CC(C)CC3C(C)(C)C)c2-c2ccccc2)C(c2ccccc2)=C1C(=O)OC1C(C(C)(C)C)CC(C)CC1C(C)(C)C.[Zn]. The molecule has 4 aromatic carbocycles. The molecule has 4 atom stereocenters. The Bertz CT molecular complexity index is 3240. The number of aliphatic carboxylic acids is 1. The van der Waals surface area contributed by atoms with E-state index in [4.69, 9.17) is 29.4 Å². The Balaban J connectivity index is 0.00000219. The predicted molar refractivity (Wildman–Crippen MR) is 333 cm³/mol. The van der Waals surface area contributed by atoms with Gasteiger partial charge in [-0.1, -0.05) is 200 Å². The van der Waals surface area contributed by atoms with E-state index in [1.54, 1.807) is 30.3 Å². The van der Waals surface area contributed by atoms with Crippen LogP contribution in [0.2, 0.25) is 0 Å². The molecular weight excluding hydrogens is 1100 g/mol. The molecule has 0 radical (unpaired) electrons. The minimum absolute atomic E-state index is 0. The van der Waals surface area contributed by atoms with Crippen molar-refractivity contribution in [1.29, 1.82) is 0 Å². The molecule has 12 nitrogen and oxygen atoms in total. The maximum atomic E-state index is 15.8. The van der Waals surface area contributed by atoms with Gasteiger partial charge in [-0.3, -0.25) is 14.4 Å². The minimum atomic E-state index is -0.833. The van der Waals surface area contributed by atoms with E-state index in [1.807, 2.05) is 98.8 Å². The van der Waals surface area contributed by atoms with E-state index < -0.39 is 41.9 Å². The fourth-order valence-electron chi connectivity index (χ4n) is 12.8. The van der Waals surface area contributed by atoms with Crippen molar-refractivity contribution < 1.29 is 58.0 Å². The number of hydrogen-bond acceptors (Lipinski definition) is 8. The van der Waals surface area contributed by atoms with Crippen LogP contribution in [0.1, 0.15) is 183 Å². The number of aryl methyl sites for hydroxylation is 2. The second-order valence-corrected chi connectivity index (χ2v) is 27.9. The summed E-state index contributed by atoms with van der Waals surface area (Å²) in [6, 6.07) is 33.6. The monoisotopic (exact) mass is 1190 g/mol. The fourth-order valence-corrected chi connectivity index (χ4v) is 12.8. The van der Waals surface area contributed by atoms with E-state index in [0.29, 0.717) is 56.6 Å². The number of nitrogens with one attached hydrogen (secondary N) is 2. The minimum Gasteiger partial charge on any atom is -0.481 e. The van der Waals surface area contributed by atoms with Crippen molar-refractivity contribution in [2.45, 2.75) is 156 Å². The molecule has 3 N–H and O–H groups in total. The molecule has 2 saturated carbocycles. The van der Waals surface area contributed by atoms with Gasteiger partial charge in [0.05, 0.1) is 11.3 Å². The van der Waals surface area contributed by atoms with Crippen LogP contribution >= 0.6 is 0 Å². The summed E-state index contributed by atoms with van der Waals surface area (Å²) in [5.74, 6) is -1.89. The first-order valence-electron chi connectivity index (χ1n) is 29.5. The zero-order chi connectivity index (χ0) is 61.1. The zero-order valence-electron chi connectivity index (χ0n) is 52.8. The van der Waals surface area contributed by atoms with E-state index in [-0.39, 0.29) is 87.6 Å². The number of amides is 2. The Morgan fingerprint density at radius 2 is 0.929 bits per heavy atom. The molecule has 84 heavy (non-hydrogen) atoms. The third-order valence-corrected chi connectivity index (χ3v) is 17.1. The van der Waals surface area contributed by atoms with Gasteiger partial charge in [0, 0.05) is 66.8 Å². The molecule has 3 aliphatic rings. The molecule has 2 fully saturated rings. The summed E-state index contributed by atoms with van der Waals surface area (Å²) in [7, 11) is 0. The normalized spacial score (nSPS) is 22.4. The van der Waals surface area contributed by atoms with E-state index in [1.165, 1.54) is 0 Å². The summed E-state index contributed by atoms with van der Waals surface area (Å²) >= 11 is 0. The molecule has 2 aliphatic carbocycles. The van der Waals surface area contributed by atoms with Crippen molar-refractivity contribution >= 4 is 53.0 Å². The number of carbonyl (C=O) groups is 5. The van der Waals surface area contributed by atoms with E-state index in [9.17, 15) is 9.59 Å². The molecule has 0 bridgehead atoms. The number of nitrogens with zero attached hydrogens (tertiary/aromatic N) is 2. The smallest absolute Gasteiger partial charge is 0.342 e. The van der Waals surface area contributed by atoms with Crippen LogP contribution in [-0.2, 0) is 38.5 Å². The van der Waals surface area contributed by atoms with Crippen LogP contribution in [0.5, 0.6) is 0 Å². The number of esters is 2. The third kappa shape index (κ3) is 15.6. The van der Waals surface area contributed by atoms with E-state index >= 15 is 9.59 Å². The topological polar surface area (TPSA) is 175 Å². The average Bonchev–Trinajstić information content (AvgIpc) is 1.62. The number of benzene rings is 4. The van der Waals surface area contributed by atoms with Gasteiger partial charge >= 0.3 is 11.9 Å². The second-order valence-electron chi connectivity index (χ2n) is 27.9. The van der Waals surface area contributed by atoms with Crippen LogP contribution in [0.4, 0.5) is 5.82 Å². The average molecular weight is 1190 g/mol. The quantitative estimate of drug-likeness (QED) is 0.0908. The van der Waals surface area contributed by atoms with Gasteiger partial charge in [-0.15, -0.1) is 0 Å². The number of aromatic nitrogens is 1. The van der Waals surface area contributed by atoms with Gasteiger partial charge in [-0.25, -0.2) is 14.6 Å². The van der Waals surface area contributed by atoms with Crippen molar-refractivity contribution in [2.75, 3.05) is 5.32 Å². The number of aliphatic imine (C=N–C) groups is 1. The fraction of sp³-hybridized carbons (Fsp3) is 0.465. The van der Waals surface area contributed by atoms with Gasteiger partial charge in [-0.2, -0.15) is 0 Å². The number of carbonyl (C=O) groups excluding carboxylic acids is 4. The van der Waals surface area contributed by atoms with Crippen LogP contribution in [0, 0.1) is 71.0 Å². The second kappa shape index (κ2) is 26.7. The number of anilines is 1.